The summed E-state index contributed by atoms with van der Waals surface area (Å²) in [5.74, 6) is -0.0347. The van der Waals surface area contributed by atoms with Crippen LogP contribution >= 0.6 is 0 Å². The van der Waals surface area contributed by atoms with Crippen LogP contribution in [0.25, 0.3) is 5.73 Å². The summed E-state index contributed by atoms with van der Waals surface area (Å²) in [7, 11) is 0. The van der Waals surface area contributed by atoms with Crippen molar-refractivity contribution in [2.75, 3.05) is 0 Å². The maximum absolute atomic E-state index is 10.7. The van der Waals surface area contributed by atoms with Gasteiger partial charge in [-0.25, -0.2) is 0 Å². The maximum Gasteiger partial charge on any atom is -0.0614 e. The molecule has 0 atom stereocenters. The van der Waals surface area contributed by atoms with E-state index in [2.05, 4.69) is 0 Å². The largest absolute Gasteiger partial charge is 0.872 e. The Morgan fingerprint density at radius 3 is 2.44 bits per heavy atom. The molecule has 0 spiro atoms. The normalized spacial score (nSPS) is 9.44. The van der Waals surface area contributed by atoms with Gasteiger partial charge in [0.1, 0.15) is 0 Å². The van der Waals surface area contributed by atoms with Crippen molar-refractivity contribution < 1.29 is 5.11 Å². The third-order valence-electron chi connectivity index (χ3n) is 1.16. The molecular weight excluding hydrogens is 114 g/mol. The van der Waals surface area contributed by atoms with E-state index in [0.717, 1.165) is 0 Å². The molecule has 0 aromatic heterocycles. The van der Waals surface area contributed by atoms with Crippen LogP contribution in [0.3, 0.4) is 0 Å². The molecule has 0 bridgehead atoms. The Kier molecular flexibility index (Phi) is 1.70. The second-order valence-electron chi connectivity index (χ2n) is 1.78. The Morgan fingerprint density at radius 1 is 1.33 bits per heavy atom. The zero-order chi connectivity index (χ0) is 6.69. The van der Waals surface area contributed by atoms with Crippen molar-refractivity contribution in [1.82, 2.24) is 0 Å². The average molecular weight is 121 g/mol. The molecule has 0 amide bonds. The molecule has 1 rings (SSSR count). The lowest BCUT2D eigenvalue weighted by molar-refractivity contribution is -0.269. The van der Waals surface area contributed by atoms with Gasteiger partial charge < -0.3 is 10.8 Å². The molecule has 0 saturated carbocycles. The third kappa shape index (κ3) is 1.21. The smallest absolute Gasteiger partial charge is 0.0614 e. The van der Waals surface area contributed by atoms with E-state index < -0.39 is 0 Å². The SMILES string of the molecule is [NH-]Cc1ccccc1[O-]. The lowest BCUT2D eigenvalue weighted by Gasteiger charge is -2.12. The van der Waals surface area contributed by atoms with Crippen LogP contribution < -0.4 is 5.11 Å². The molecular formula is C7H7NO-2. The second-order valence-corrected chi connectivity index (χ2v) is 1.78. The van der Waals surface area contributed by atoms with E-state index in [1.54, 1.807) is 18.2 Å². The first-order valence-electron chi connectivity index (χ1n) is 2.74. The van der Waals surface area contributed by atoms with Gasteiger partial charge in [-0.15, -0.1) is 12.3 Å². The number of para-hydroxylation sites is 1. The van der Waals surface area contributed by atoms with Gasteiger partial charge in [-0.2, -0.15) is 0 Å². The van der Waals surface area contributed by atoms with Crippen molar-refractivity contribution >= 4 is 0 Å². The van der Waals surface area contributed by atoms with Gasteiger partial charge in [-0.05, 0) is 0 Å². The molecule has 1 N–H and O–H groups in total. The number of rotatable bonds is 1. The molecule has 0 heterocycles. The molecule has 1 aromatic carbocycles. The van der Waals surface area contributed by atoms with Crippen LogP contribution in [-0.4, -0.2) is 0 Å². The van der Waals surface area contributed by atoms with E-state index in [1.807, 2.05) is 0 Å². The van der Waals surface area contributed by atoms with E-state index >= 15 is 0 Å². The van der Waals surface area contributed by atoms with E-state index in [-0.39, 0.29) is 12.3 Å². The van der Waals surface area contributed by atoms with E-state index in [0.29, 0.717) is 5.56 Å². The summed E-state index contributed by atoms with van der Waals surface area (Å²) in [5.41, 5.74) is 7.45. The fourth-order valence-electron chi connectivity index (χ4n) is 0.650. The van der Waals surface area contributed by atoms with Crippen LogP contribution in [0.4, 0.5) is 0 Å². The highest BCUT2D eigenvalue weighted by Crippen LogP contribution is 2.11. The van der Waals surface area contributed by atoms with Crippen LogP contribution in [0, 0.1) is 0 Å². The highest BCUT2D eigenvalue weighted by molar-refractivity contribution is 5.30. The van der Waals surface area contributed by atoms with Crippen molar-refractivity contribution in [2.45, 2.75) is 6.54 Å². The fraction of sp³-hybridized carbons (Fsp3) is 0.143. The summed E-state index contributed by atoms with van der Waals surface area (Å²) in [6.45, 7) is 0.0830. The van der Waals surface area contributed by atoms with Gasteiger partial charge in [-0.1, -0.05) is 29.8 Å². The van der Waals surface area contributed by atoms with Crippen LogP contribution in [0.15, 0.2) is 24.3 Å². The third-order valence-corrected chi connectivity index (χ3v) is 1.16. The van der Waals surface area contributed by atoms with E-state index in [1.165, 1.54) is 6.07 Å². The topological polar surface area (TPSA) is 46.9 Å². The summed E-state index contributed by atoms with van der Waals surface area (Å²) in [6.07, 6.45) is 0. The average Bonchev–Trinajstić information content (AvgIpc) is 1.89. The van der Waals surface area contributed by atoms with E-state index in [4.69, 9.17) is 5.73 Å². The minimum absolute atomic E-state index is 0.0347. The second kappa shape index (κ2) is 2.51. The van der Waals surface area contributed by atoms with Gasteiger partial charge in [0.25, 0.3) is 0 Å². The number of benzene rings is 1. The Morgan fingerprint density at radius 2 is 2.00 bits per heavy atom. The lowest BCUT2D eigenvalue weighted by atomic mass is 10.2. The molecule has 2 nitrogen and oxygen atoms in total. The Bertz CT molecular complexity index is 198. The zero-order valence-corrected chi connectivity index (χ0v) is 4.92. The molecule has 2 heteroatoms. The summed E-state index contributed by atoms with van der Waals surface area (Å²) in [6, 6.07) is 6.60. The monoisotopic (exact) mass is 121 g/mol. The van der Waals surface area contributed by atoms with Crippen LogP contribution in [-0.2, 0) is 6.54 Å². The highest BCUT2D eigenvalue weighted by atomic mass is 16.3. The van der Waals surface area contributed by atoms with Crippen molar-refractivity contribution in [1.29, 1.82) is 0 Å². The van der Waals surface area contributed by atoms with Crippen LogP contribution in [0.1, 0.15) is 5.56 Å². The summed E-state index contributed by atoms with van der Waals surface area (Å²) >= 11 is 0. The Hall–Kier alpha value is -1.02. The molecule has 0 aliphatic carbocycles. The fourth-order valence-corrected chi connectivity index (χ4v) is 0.650. The van der Waals surface area contributed by atoms with Gasteiger partial charge in [0, 0.05) is 0 Å². The van der Waals surface area contributed by atoms with Crippen molar-refractivity contribution in [3.63, 3.8) is 0 Å². The van der Waals surface area contributed by atoms with Crippen LogP contribution in [0.5, 0.6) is 5.75 Å². The highest BCUT2D eigenvalue weighted by Gasteiger charge is 1.80. The van der Waals surface area contributed by atoms with Crippen molar-refractivity contribution in [3.05, 3.63) is 35.6 Å². The van der Waals surface area contributed by atoms with Gasteiger partial charge in [0.15, 0.2) is 0 Å². The maximum atomic E-state index is 10.7. The molecule has 0 unspecified atom stereocenters. The summed E-state index contributed by atoms with van der Waals surface area (Å²) in [5, 5.41) is 10.7. The van der Waals surface area contributed by atoms with E-state index in [9.17, 15) is 5.11 Å². The predicted octanol–water partition coefficient (Wildman–Crippen LogP) is 1.31. The minimum Gasteiger partial charge on any atom is -0.872 e. The zero-order valence-electron chi connectivity index (χ0n) is 4.92. The molecule has 1 aromatic rings. The molecule has 48 valence electrons. The number of nitrogens with one attached hydrogen (secondary N) is 1. The Balaban J connectivity index is 3.01. The van der Waals surface area contributed by atoms with Crippen molar-refractivity contribution in [3.8, 4) is 5.75 Å². The Labute approximate surface area is 53.9 Å². The summed E-state index contributed by atoms with van der Waals surface area (Å²) in [4.78, 5) is 0. The minimum atomic E-state index is -0.0347. The van der Waals surface area contributed by atoms with Gasteiger partial charge in [0.05, 0.1) is 0 Å². The number of hydrogen-bond acceptors (Lipinski definition) is 1. The predicted molar refractivity (Wildman–Crippen MR) is 33.9 cm³/mol. The molecule has 0 saturated heterocycles. The number of hydrogen-bond donors (Lipinski definition) is 0. The van der Waals surface area contributed by atoms with Crippen LogP contribution in [0.2, 0.25) is 0 Å². The molecule has 0 aliphatic heterocycles. The van der Waals surface area contributed by atoms with Gasteiger partial charge >= 0.3 is 0 Å². The molecule has 0 aliphatic rings. The first-order chi connectivity index (χ1) is 4.34. The molecule has 0 fully saturated rings. The van der Waals surface area contributed by atoms with Crippen molar-refractivity contribution in [2.24, 2.45) is 0 Å². The van der Waals surface area contributed by atoms with Gasteiger partial charge in [0.2, 0.25) is 0 Å². The van der Waals surface area contributed by atoms with Gasteiger partial charge in [-0.3, -0.25) is 0 Å². The molecule has 0 radical (unpaired) electrons. The summed E-state index contributed by atoms with van der Waals surface area (Å²) < 4.78 is 0. The first-order valence-corrected chi connectivity index (χ1v) is 2.74. The lowest BCUT2D eigenvalue weighted by Crippen LogP contribution is -1.93. The first kappa shape index (κ1) is 6.11. The quantitative estimate of drug-likeness (QED) is 0.552. The molecule has 9 heavy (non-hydrogen) atoms. The standard InChI is InChI=1S/C7H8NO/c8-5-6-3-1-2-4-7(6)9/h1-4,8-9H,5H2/q-1/p-1.